The molecule has 17 heavy (non-hydrogen) atoms. The van der Waals surface area contributed by atoms with E-state index in [1.807, 2.05) is 11.3 Å². The first-order valence-electron chi connectivity index (χ1n) is 5.76. The van der Waals surface area contributed by atoms with E-state index in [4.69, 9.17) is 4.74 Å². The van der Waals surface area contributed by atoms with E-state index >= 15 is 0 Å². The van der Waals surface area contributed by atoms with E-state index in [2.05, 4.69) is 46.2 Å². The number of aryl methyl sites for hydroxylation is 1. The average Bonchev–Trinajstić information content (AvgIpc) is 2.61. The molecule has 1 N–H and O–H groups in total. The van der Waals surface area contributed by atoms with Crippen LogP contribution in [0, 0.1) is 6.92 Å². The summed E-state index contributed by atoms with van der Waals surface area (Å²) in [5.74, 6) is 0. The molecule has 0 unspecified atom stereocenters. The van der Waals surface area contributed by atoms with Gasteiger partial charge in [-0.2, -0.15) is 0 Å². The zero-order valence-corrected chi connectivity index (χ0v) is 13.2. The summed E-state index contributed by atoms with van der Waals surface area (Å²) in [6, 6.07) is 2.20. The van der Waals surface area contributed by atoms with Gasteiger partial charge in [0.2, 0.25) is 0 Å². The standard InChI is InChI=1S/C12H21BrN2OS/c1-10-12(13)8-11(17-10)9-14-4-5-15(2)6-7-16-3/h8,14H,4-7,9H2,1-3H3. The van der Waals surface area contributed by atoms with Crippen LogP contribution >= 0.6 is 27.3 Å². The number of methoxy groups -OCH3 is 1. The topological polar surface area (TPSA) is 24.5 Å². The fourth-order valence-corrected chi connectivity index (χ4v) is 3.02. The first-order valence-corrected chi connectivity index (χ1v) is 7.37. The number of rotatable bonds is 8. The Balaban J connectivity index is 2.11. The Hall–Kier alpha value is 0.0600. The number of ether oxygens (including phenoxy) is 1. The van der Waals surface area contributed by atoms with E-state index < -0.39 is 0 Å². The molecule has 0 aromatic carbocycles. The number of likely N-dealkylation sites (N-methyl/N-ethyl adjacent to an activating group) is 1. The third-order valence-electron chi connectivity index (χ3n) is 2.55. The van der Waals surface area contributed by atoms with Gasteiger partial charge in [-0.25, -0.2) is 0 Å². The third kappa shape index (κ3) is 5.97. The van der Waals surface area contributed by atoms with Gasteiger partial charge in [0.1, 0.15) is 0 Å². The molecule has 0 spiro atoms. The summed E-state index contributed by atoms with van der Waals surface area (Å²) in [6.07, 6.45) is 0. The van der Waals surface area contributed by atoms with Gasteiger partial charge in [0.05, 0.1) is 6.61 Å². The Bertz CT molecular complexity index is 311. The van der Waals surface area contributed by atoms with Crippen LogP contribution in [0.1, 0.15) is 9.75 Å². The lowest BCUT2D eigenvalue weighted by atomic mass is 10.4. The van der Waals surface area contributed by atoms with Crippen molar-refractivity contribution in [3.05, 3.63) is 20.3 Å². The SMILES string of the molecule is COCCN(C)CCNCc1cc(Br)c(C)s1. The Labute approximate surface area is 116 Å². The minimum atomic E-state index is 0.799. The van der Waals surface area contributed by atoms with Gasteiger partial charge in [-0.05, 0) is 36.0 Å². The molecule has 0 radical (unpaired) electrons. The molecule has 1 aromatic heterocycles. The molecule has 1 rings (SSSR count). The summed E-state index contributed by atoms with van der Waals surface area (Å²) in [5, 5.41) is 3.46. The normalized spacial score (nSPS) is 11.4. The van der Waals surface area contributed by atoms with E-state index in [9.17, 15) is 0 Å². The molecule has 0 aliphatic carbocycles. The van der Waals surface area contributed by atoms with Crippen LogP contribution in [0.25, 0.3) is 0 Å². The zero-order valence-electron chi connectivity index (χ0n) is 10.8. The number of hydrogen-bond acceptors (Lipinski definition) is 4. The lowest BCUT2D eigenvalue weighted by Gasteiger charge is -2.15. The highest BCUT2D eigenvalue weighted by atomic mass is 79.9. The summed E-state index contributed by atoms with van der Waals surface area (Å²) in [5.41, 5.74) is 0. The fourth-order valence-electron chi connectivity index (χ4n) is 1.45. The maximum Gasteiger partial charge on any atom is 0.0589 e. The second-order valence-corrected chi connectivity index (χ2v) is 6.28. The molecule has 1 aromatic rings. The monoisotopic (exact) mass is 320 g/mol. The molecular weight excluding hydrogens is 300 g/mol. The van der Waals surface area contributed by atoms with Crippen LogP contribution < -0.4 is 5.32 Å². The molecule has 0 aliphatic rings. The van der Waals surface area contributed by atoms with Crippen LogP contribution in [0.15, 0.2) is 10.5 Å². The van der Waals surface area contributed by atoms with Gasteiger partial charge in [0.15, 0.2) is 0 Å². The molecule has 98 valence electrons. The molecule has 0 atom stereocenters. The minimum absolute atomic E-state index is 0.799. The van der Waals surface area contributed by atoms with E-state index in [1.165, 1.54) is 14.2 Å². The Kier molecular flexibility index (Phi) is 7.30. The Morgan fingerprint density at radius 2 is 2.24 bits per heavy atom. The van der Waals surface area contributed by atoms with Gasteiger partial charge in [0, 0.05) is 47.5 Å². The van der Waals surface area contributed by atoms with Crippen molar-refractivity contribution in [1.29, 1.82) is 0 Å². The zero-order chi connectivity index (χ0) is 12.7. The van der Waals surface area contributed by atoms with Gasteiger partial charge in [-0.3, -0.25) is 0 Å². The van der Waals surface area contributed by atoms with E-state index in [-0.39, 0.29) is 0 Å². The van der Waals surface area contributed by atoms with Crippen molar-refractivity contribution in [3.63, 3.8) is 0 Å². The van der Waals surface area contributed by atoms with Crippen molar-refractivity contribution in [3.8, 4) is 0 Å². The molecule has 0 saturated heterocycles. The van der Waals surface area contributed by atoms with Gasteiger partial charge in [-0.1, -0.05) is 0 Å². The van der Waals surface area contributed by atoms with Crippen LogP contribution in [-0.2, 0) is 11.3 Å². The minimum Gasteiger partial charge on any atom is -0.383 e. The molecule has 0 aliphatic heterocycles. The highest BCUT2D eigenvalue weighted by Crippen LogP contribution is 2.25. The molecule has 1 heterocycles. The second-order valence-electron chi connectivity index (χ2n) is 4.09. The van der Waals surface area contributed by atoms with Crippen LogP contribution in [0.3, 0.4) is 0 Å². The molecule has 0 saturated carbocycles. The molecule has 0 fully saturated rings. The maximum absolute atomic E-state index is 5.04. The first kappa shape index (κ1) is 15.1. The predicted molar refractivity (Wildman–Crippen MR) is 77.8 cm³/mol. The average molecular weight is 321 g/mol. The lowest BCUT2D eigenvalue weighted by Crippen LogP contribution is -2.31. The maximum atomic E-state index is 5.04. The van der Waals surface area contributed by atoms with Crippen LogP contribution in [0.5, 0.6) is 0 Å². The van der Waals surface area contributed by atoms with Crippen molar-refractivity contribution >= 4 is 27.3 Å². The lowest BCUT2D eigenvalue weighted by molar-refractivity contribution is 0.161. The van der Waals surface area contributed by atoms with Gasteiger partial charge in [0.25, 0.3) is 0 Å². The number of nitrogens with zero attached hydrogens (tertiary/aromatic N) is 1. The number of nitrogens with one attached hydrogen (secondary N) is 1. The van der Waals surface area contributed by atoms with E-state index in [0.717, 1.165) is 32.8 Å². The van der Waals surface area contributed by atoms with Crippen LogP contribution in [-0.4, -0.2) is 45.3 Å². The number of thiophene rings is 1. The van der Waals surface area contributed by atoms with Crippen LogP contribution in [0.2, 0.25) is 0 Å². The molecule has 0 amide bonds. The molecule has 5 heteroatoms. The predicted octanol–water partition coefficient (Wildman–Crippen LogP) is 2.49. The number of halogens is 1. The highest BCUT2D eigenvalue weighted by molar-refractivity contribution is 9.10. The number of hydrogen-bond donors (Lipinski definition) is 1. The van der Waals surface area contributed by atoms with E-state index in [1.54, 1.807) is 7.11 Å². The quantitative estimate of drug-likeness (QED) is 0.745. The van der Waals surface area contributed by atoms with Crippen molar-refractivity contribution in [2.75, 3.05) is 40.4 Å². The summed E-state index contributed by atoms with van der Waals surface area (Å²) in [7, 11) is 3.86. The third-order valence-corrected chi connectivity index (χ3v) is 4.69. The summed E-state index contributed by atoms with van der Waals surface area (Å²) in [6.45, 7) is 6.94. The molecule has 0 bridgehead atoms. The smallest absolute Gasteiger partial charge is 0.0589 e. The van der Waals surface area contributed by atoms with Crippen molar-refractivity contribution in [2.24, 2.45) is 0 Å². The second kappa shape index (κ2) is 8.21. The molecular formula is C12H21BrN2OS. The summed E-state index contributed by atoms with van der Waals surface area (Å²) >= 11 is 5.38. The Morgan fingerprint density at radius 3 is 2.82 bits per heavy atom. The fraction of sp³-hybridized carbons (Fsp3) is 0.667. The summed E-state index contributed by atoms with van der Waals surface area (Å²) < 4.78 is 6.26. The van der Waals surface area contributed by atoms with Crippen molar-refractivity contribution < 1.29 is 4.74 Å². The van der Waals surface area contributed by atoms with Crippen molar-refractivity contribution in [1.82, 2.24) is 10.2 Å². The van der Waals surface area contributed by atoms with Crippen molar-refractivity contribution in [2.45, 2.75) is 13.5 Å². The first-order chi connectivity index (χ1) is 8.13. The molecule has 3 nitrogen and oxygen atoms in total. The summed E-state index contributed by atoms with van der Waals surface area (Å²) in [4.78, 5) is 5.00. The largest absolute Gasteiger partial charge is 0.383 e. The highest BCUT2D eigenvalue weighted by Gasteiger charge is 2.02. The van der Waals surface area contributed by atoms with Gasteiger partial charge >= 0.3 is 0 Å². The van der Waals surface area contributed by atoms with Crippen LogP contribution in [0.4, 0.5) is 0 Å². The van der Waals surface area contributed by atoms with E-state index in [0.29, 0.717) is 0 Å². The van der Waals surface area contributed by atoms with Gasteiger partial charge in [-0.15, -0.1) is 11.3 Å². The Morgan fingerprint density at radius 1 is 1.47 bits per heavy atom. The van der Waals surface area contributed by atoms with Gasteiger partial charge < -0.3 is 15.0 Å².